The molecule has 0 aliphatic heterocycles. The maximum atomic E-state index is 6.04. The molecule has 0 N–H and O–H groups in total. The minimum absolute atomic E-state index is 0.152. The molecule has 0 bridgehead atoms. The van der Waals surface area contributed by atoms with Crippen LogP contribution in [0.1, 0.15) is 0 Å². The molecule has 0 radical (unpaired) electrons. The van der Waals surface area contributed by atoms with Crippen molar-refractivity contribution < 1.29 is 4.74 Å². The molecule has 0 saturated heterocycles. The molecule has 0 saturated carbocycles. The van der Waals surface area contributed by atoms with Crippen LogP contribution in [0.5, 0.6) is 5.88 Å². The Balaban J connectivity index is 2.64. The zero-order chi connectivity index (χ0) is 12.4. The summed E-state index contributed by atoms with van der Waals surface area (Å²) in [6.07, 6.45) is 3.02. The van der Waals surface area contributed by atoms with Crippen molar-refractivity contribution in [3.8, 4) is 17.3 Å². The lowest BCUT2D eigenvalue weighted by molar-refractivity contribution is 0.397. The third-order valence-electron chi connectivity index (χ3n) is 1.97. The third kappa shape index (κ3) is 2.44. The lowest BCUT2D eigenvalue weighted by Crippen LogP contribution is -1.96. The molecule has 0 fully saturated rings. The van der Waals surface area contributed by atoms with E-state index in [0.29, 0.717) is 22.3 Å². The van der Waals surface area contributed by atoms with Crippen molar-refractivity contribution in [2.45, 2.75) is 0 Å². The van der Waals surface area contributed by atoms with Crippen LogP contribution in [0.3, 0.4) is 0 Å². The lowest BCUT2D eigenvalue weighted by Gasteiger charge is -2.07. The van der Waals surface area contributed by atoms with Gasteiger partial charge in [0, 0.05) is 12.4 Å². The molecule has 0 atom stereocenters. The molecule has 4 nitrogen and oxygen atoms in total. The molecule has 0 aliphatic carbocycles. The zero-order valence-corrected chi connectivity index (χ0v) is 10.9. The van der Waals surface area contributed by atoms with Crippen molar-refractivity contribution in [1.29, 1.82) is 0 Å². The van der Waals surface area contributed by atoms with Gasteiger partial charge in [0.1, 0.15) is 10.8 Å². The van der Waals surface area contributed by atoms with Gasteiger partial charge < -0.3 is 4.74 Å². The standard InChI is InChI=1S/C10H6Cl3N3O/c1-17-10-8(14-2-3-15-10)7-5(11)4-6(12)9(13)16-7/h2-4H,1H3. The topological polar surface area (TPSA) is 47.9 Å². The largest absolute Gasteiger partial charge is 0.479 e. The summed E-state index contributed by atoms with van der Waals surface area (Å²) in [5.74, 6) is 0.320. The summed E-state index contributed by atoms with van der Waals surface area (Å²) >= 11 is 17.7. The first-order chi connectivity index (χ1) is 8.13. The lowest BCUT2D eigenvalue weighted by atomic mass is 10.2. The second kappa shape index (κ2) is 5.04. The van der Waals surface area contributed by atoms with E-state index in [-0.39, 0.29) is 10.2 Å². The normalized spacial score (nSPS) is 10.4. The summed E-state index contributed by atoms with van der Waals surface area (Å²) < 4.78 is 5.08. The zero-order valence-electron chi connectivity index (χ0n) is 8.62. The molecule has 88 valence electrons. The van der Waals surface area contributed by atoms with E-state index in [1.165, 1.54) is 25.6 Å². The third-order valence-corrected chi connectivity index (χ3v) is 2.93. The molecule has 2 aromatic rings. The molecule has 0 aliphatic rings. The van der Waals surface area contributed by atoms with E-state index in [0.717, 1.165) is 0 Å². The van der Waals surface area contributed by atoms with Crippen molar-refractivity contribution in [2.24, 2.45) is 0 Å². The van der Waals surface area contributed by atoms with E-state index in [1.54, 1.807) is 0 Å². The highest BCUT2D eigenvalue weighted by Gasteiger charge is 2.15. The molecule has 0 aromatic carbocycles. The van der Waals surface area contributed by atoms with Crippen LogP contribution >= 0.6 is 34.8 Å². The van der Waals surface area contributed by atoms with Crippen LogP contribution in [-0.2, 0) is 0 Å². The van der Waals surface area contributed by atoms with Gasteiger partial charge in [0.2, 0.25) is 5.88 Å². The van der Waals surface area contributed by atoms with Crippen molar-refractivity contribution >= 4 is 34.8 Å². The second-order valence-electron chi connectivity index (χ2n) is 3.01. The van der Waals surface area contributed by atoms with Gasteiger partial charge >= 0.3 is 0 Å². The molecule has 2 aromatic heterocycles. The summed E-state index contributed by atoms with van der Waals surface area (Å²) in [6, 6.07) is 1.50. The van der Waals surface area contributed by atoms with Crippen molar-refractivity contribution in [2.75, 3.05) is 7.11 Å². The number of pyridine rings is 1. The predicted octanol–water partition coefficient (Wildman–Crippen LogP) is 3.51. The molecule has 0 unspecified atom stereocenters. The fourth-order valence-corrected chi connectivity index (χ4v) is 1.83. The first kappa shape index (κ1) is 12.4. The minimum atomic E-state index is 0.152. The molecule has 2 rings (SSSR count). The number of hydrogen-bond donors (Lipinski definition) is 0. The number of aromatic nitrogens is 3. The Bertz CT molecular complexity index is 562. The summed E-state index contributed by atoms with van der Waals surface area (Å²) in [6.45, 7) is 0. The van der Waals surface area contributed by atoms with Crippen LogP contribution in [0, 0.1) is 0 Å². The van der Waals surface area contributed by atoms with E-state index in [4.69, 9.17) is 39.5 Å². The van der Waals surface area contributed by atoms with Crippen molar-refractivity contribution in [1.82, 2.24) is 15.0 Å². The summed E-state index contributed by atoms with van der Waals surface area (Å²) in [5, 5.41) is 0.764. The van der Waals surface area contributed by atoms with Gasteiger partial charge in [0.05, 0.1) is 17.2 Å². The highest BCUT2D eigenvalue weighted by atomic mass is 35.5. The molecular weight excluding hydrogens is 284 g/mol. The Kier molecular flexibility index (Phi) is 3.66. The Morgan fingerprint density at radius 2 is 1.71 bits per heavy atom. The van der Waals surface area contributed by atoms with Gasteiger partial charge in [-0.05, 0) is 6.07 Å². The number of ether oxygens (including phenoxy) is 1. The molecule has 17 heavy (non-hydrogen) atoms. The highest BCUT2D eigenvalue weighted by molar-refractivity contribution is 6.42. The van der Waals surface area contributed by atoms with Crippen molar-refractivity contribution in [3.05, 3.63) is 33.7 Å². The van der Waals surface area contributed by atoms with Gasteiger partial charge in [-0.2, -0.15) is 0 Å². The van der Waals surface area contributed by atoms with Crippen molar-refractivity contribution in [3.63, 3.8) is 0 Å². The first-order valence-electron chi connectivity index (χ1n) is 4.50. The van der Waals surface area contributed by atoms with Gasteiger partial charge in [0.15, 0.2) is 5.69 Å². The van der Waals surface area contributed by atoms with E-state index in [9.17, 15) is 0 Å². The number of methoxy groups -OCH3 is 1. The SMILES string of the molecule is COc1nccnc1-c1nc(Cl)c(Cl)cc1Cl. The Hall–Kier alpha value is -1.10. The molecule has 0 spiro atoms. The quantitative estimate of drug-likeness (QED) is 0.794. The van der Waals surface area contributed by atoms with E-state index >= 15 is 0 Å². The summed E-state index contributed by atoms with van der Waals surface area (Å²) in [7, 11) is 1.49. The molecule has 0 amide bonds. The molecule has 7 heteroatoms. The van der Waals surface area contributed by atoms with Gasteiger partial charge in [0.25, 0.3) is 0 Å². The fraction of sp³-hybridized carbons (Fsp3) is 0.100. The fourth-order valence-electron chi connectivity index (χ4n) is 1.25. The Morgan fingerprint density at radius 3 is 2.41 bits per heavy atom. The average molecular weight is 291 g/mol. The van der Waals surface area contributed by atoms with Crippen LogP contribution < -0.4 is 4.74 Å². The van der Waals surface area contributed by atoms with Crippen LogP contribution in [0.15, 0.2) is 18.5 Å². The molecular formula is C10H6Cl3N3O. The van der Waals surface area contributed by atoms with E-state index in [1.807, 2.05) is 0 Å². The second-order valence-corrected chi connectivity index (χ2v) is 4.18. The van der Waals surface area contributed by atoms with Gasteiger partial charge in [-0.3, -0.25) is 0 Å². The Morgan fingerprint density at radius 1 is 1.00 bits per heavy atom. The number of nitrogens with zero attached hydrogens (tertiary/aromatic N) is 3. The van der Waals surface area contributed by atoms with E-state index < -0.39 is 0 Å². The highest BCUT2D eigenvalue weighted by Crippen LogP contribution is 2.34. The van der Waals surface area contributed by atoms with Gasteiger partial charge in [-0.1, -0.05) is 34.8 Å². The predicted molar refractivity (Wildman–Crippen MR) is 66.8 cm³/mol. The summed E-state index contributed by atoms with van der Waals surface area (Å²) in [5.41, 5.74) is 0.796. The maximum Gasteiger partial charge on any atom is 0.242 e. The summed E-state index contributed by atoms with van der Waals surface area (Å²) in [4.78, 5) is 12.2. The van der Waals surface area contributed by atoms with Crippen LogP contribution in [0.4, 0.5) is 0 Å². The number of hydrogen-bond acceptors (Lipinski definition) is 4. The van der Waals surface area contributed by atoms with Crippen LogP contribution in [0.25, 0.3) is 11.4 Å². The number of halogens is 3. The van der Waals surface area contributed by atoms with E-state index in [2.05, 4.69) is 15.0 Å². The smallest absolute Gasteiger partial charge is 0.242 e. The van der Waals surface area contributed by atoms with Crippen LogP contribution in [0.2, 0.25) is 15.2 Å². The van der Waals surface area contributed by atoms with Gasteiger partial charge in [-0.25, -0.2) is 15.0 Å². The molecule has 2 heterocycles. The average Bonchev–Trinajstić information content (AvgIpc) is 2.34. The maximum absolute atomic E-state index is 6.04. The monoisotopic (exact) mass is 289 g/mol. The Labute approximate surface area is 113 Å². The first-order valence-corrected chi connectivity index (χ1v) is 5.63. The van der Waals surface area contributed by atoms with Crippen LogP contribution in [-0.4, -0.2) is 22.1 Å². The van der Waals surface area contributed by atoms with Gasteiger partial charge in [-0.15, -0.1) is 0 Å². The number of rotatable bonds is 2. The minimum Gasteiger partial charge on any atom is -0.479 e.